The molecule has 0 spiro atoms. The Balaban J connectivity index is 2.15. The predicted octanol–water partition coefficient (Wildman–Crippen LogP) is 2.64. The molecule has 1 unspecified atom stereocenters. The number of carbonyl (C=O) groups is 2. The van der Waals surface area contributed by atoms with E-state index in [-0.39, 0.29) is 36.5 Å². The maximum atomic E-state index is 14.1. The van der Waals surface area contributed by atoms with Gasteiger partial charge in [0.25, 0.3) is 11.7 Å². The molecule has 1 heterocycles. The molecule has 2 N–H and O–H groups in total. The van der Waals surface area contributed by atoms with Crippen LogP contribution in [0.5, 0.6) is 5.75 Å². The van der Waals surface area contributed by atoms with Gasteiger partial charge in [0, 0.05) is 18.7 Å². The number of Topliss-reactive ketones (excluding diaryl/α,β-unsaturated/α-hetero) is 1. The minimum atomic E-state index is -0.847. The highest BCUT2D eigenvalue weighted by Gasteiger charge is 2.45. The molecule has 1 fully saturated rings. The van der Waals surface area contributed by atoms with Crippen LogP contribution in [0, 0.1) is 5.82 Å². The molecular formula is C21H20FNO5. The molecule has 0 aliphatic carbocycles. The Kier molecular flexibility index (Phi) is 5.75. The first-order chi connectivity index (χ1) is 13.5. The van der Waals surface area contributed by atoms with Crippen molar-refractivity contribution < 1.29 is 28.9 Å². The van der Waals surface area contributed by atoms with Crippen molar-refractivity contribution in [3.05, 3.63) is 71.0 Å². The maximum Gasteiger partial charge on any atom is 0.295 e. The van der Waals surface area contributed by atoms with Gasteiger partial charge in [0.05, 0.1) is 18.7 Å². The van der Waals surface area contributed by atoms with E-state index >= 15 is 0 Å². The Bertz CT molecular complexity index is 926. The largest absolute Gasteiger partial charge is 0.507 e. The number of likely N-dealkylation sites (tertiary alicyclic amines) is 1. The van der Waals surface area contributed by atoms with E-state index in [0.29, 0.717) is 5.56 Å². The lowest BCUT2D eigenvalue weighted by Gasteiger charge is -2.25. The van der Waals surface area contributed by atoms with Crippen LogP contribution in [0.1, 0.15) is 23.6 Å². The average molecular weight is 385 g/mol. The second-order valence-corrected chi connectivity index (χ2v) is 6.33. The van der Waals surface area contributed by atoms with Gasteiger partial charge >= 0.3 is 0 Å². The monoisotopic (exact) mass is 385 g/mol. The lowest BCUT2D eigenvalue weighted by Crippen LogP contribution is -2.31. The SMILES string of the molecule is COc1ccc(C(O)=C2C(=O)C(=O)N(CCCO)C2c2ccccc2)cc1F. The summed E-state index contributed by atoms with van der Waals surface area (Å²) in [5.74, 6) is -2.77. The van der Waals surface area contributed by atoms with Crippen LogP contribution < -0.4 is 4.74 Å². The molecule has 3 rings (SSSR count). The van der Waals surface area contributed by atoms with Crippen molar-refractivity contribution in [2.75, 3.05) is 20.3 Å². The van der Waals surface area contributed by atoms with E-state index in [1.807, 2.05) is 0 Å². The third-order valence-corrected chi connectivity index (χ3v) is 4.64. The molecule has 2 aromatic rings. The summed E-state index contributed by atoms with van der Waals surface area (Å²) in [7, 11) is 1.32. The Labute approximate surface area is 161 Å². The maximum absolute atomic E-state index is 14.1. The number of carbonyl (C=O) groups excluding carboxylic acids is 2. The molecule has 28 heavy (non-hydrogen) atoms. The Morgan fingerprint density at radius 1 is 1.18 bits per heavy atom. The van der Waals surface area contributed by atoms with Gasteiger partial charge in [-0.1, -0.05) is 30.3 Å². The van der Waals surface area contributed by atoms with Crippen LogP contribution in [0.4, 0.5) is 4.39 Å². The third-order valence-electron chi connectivity index (χ3n) is 4.64. The van der Waals surface area contributed by atoms with E-state index in [2.05, 4.69) is 0 Å². The predicted molar refractivity (Wildman–Crippen MR) is 100 cm³/mol. The zero-order chi connectivity index (χ0) is 20.3. The number of aliphatic hydroxyl groups is 2. The molecule has 1 aliphatic rings. The van der Waals surface area contributed by atoms with E-state index < -0.39 is 29.3 Å². The highest BCUT2D eigenvalue weighted by atomic mass is 19.1. The Morgan fingerprint density at radius 2 is 1.89 bits per heavy atom. The van der Waals surface area contributed by atoms with Gasteiger partial charge in [-0.2, -0.15) is 0 Å². The lowest BCUT2D eigenvalue weighted by atomic mass is 9.95. The average Bonchev–Trinajstić information content (AvgIpc) is 2.97. The Morgan fingerprint density at radius 3 is 2.50 bits per heavy atom. The van der Waals surface area contributed by atoms with Crippen LogP contribution in [0.2, 0.25) is 0 Å². The number of hydrogen-bond acceptors (Lipinski definition) is 5. The van der Waals surface area contributed by atoms with E-state index in [1.54, 1.807) is 30.3 Å². The quantitative estimate of drug-likeness (QED) is 0.454. The van der Waals surface area contributed by atoms with E-state index in [9.17, 15) is 19.1 Å². The zero-order valence-electron chi connectivity index (χ0n) is 15.3. The van der Waals surface area contributed by atoms with Crippen LogP contribution in [0.3, 0.4) is 0 Å². The minimum Gasteiger partial charge on any atom is -0.507 e. The minimum absolute atomic E-state index is 0.000411. The van der Waals surface area contributed by atoms with Crippen LogP contribution in [-0.4, -0.2) is 47.1 Å². The molecule has 7 heteroatoms. The third kappa shape index (κ3) is 3.48. The van der Waals surface area contributed by atoms with Gasteiger partial charge in [-0.3, -0.25) is 9.59 Å². The topological polar surface area (TPSA) is 87.1 Å². The number of ketones is 1. The van der Waals surface area contributed by atoms with Crippen molar-refractivity contribution in [2.45, 2.75) is 12.5 Å². The van der Waals surface area contributed by atoms with Crippen molar-refractivity contribution in [3.63, 3.8) is 0 Å². The fourth-order valence-electron chi connectivity index (χ4n) is 3.30. The number of ether oxygens (including phenoxy) is 1. The summed E-state index contributed by atoms with van der Waals surface area (Å²) in [5, 5.41) is 19.9. The zero-order valence-corrected chi connectivity index (χ0v) is 15.3. The van der Waals surface area contributed by atoms with Gasteiger partial charge in [-0.05, 0) is 30.2 Å². The van der Waals surface area contributed by atoms with Gasteiger partial charge in [-0.25, -0.2) is 4.39 Å². The first kappa shape index (κ1) is 19.6. The summed E-state index contributed by atoms with van der Waals surface area (Å²) in [5.41, 5.74) is 0.591. The molecule has 146 valence electrons. The standard InChI is InChI=1S/C21H20FNO5/c1-28-16-9-8-14(12-15(16)22)19(25)17-18(13-6-3-2-4-7-13)23(10-5-11-24)21(27)20(17)26/h2-4,6-9,12,18,24-25H,5,10-11H2,1H3. The number of amides is 1. The van der Waals surface area contributed by atoms with Crippen molar-refractivity contribution in [3.8, 4) is 5.75 Å². The second-order valence-electron chi connectivity index (χ2n) is 6.33. The number of methoxy groups -OCH3 is 1. The molecule has 1 amide bonds. The van der Waals surface area contributed by atoms with Crippen molar-refractivity contribution >= 4 is 17.4 Å². The molecule has 1 atom stereocenters. The van der Waals surface area contributed by atoms with Crippen LogP contribution >= 0.6 is 0 Å². The summed E-state index contributed by atoms with van der Waals surface area (Å²) in [4.78, 5) is 26.6. The first-order valence-corrected chi connectivity index (χ1v) is 8.77. The van der Waals surface area contributed by atoms with E-state index in [1.165, 1.54) is 24.1 Å². The van der Waals surface area contributed by atoms with Crippen LogP contribution in [0.25, 0.3) is 5.76 Å². The number of hydrogen-bond donors (Lipinski definition) is 2. The van der Waals surface area contributed by atoms with Crippen molar-refractivity contribution in [1.82, 2.24) is 4.90 Å². The van der Waals surface area contributed by atoms with Gasteiger partial charge in [-0.15, -0.1) is 0 Å². The number of nitrogens with zero attached hydrogens (tertiary/aromatic N) is 1. The molecule has 6 nitrogen and oxygen atoms in total. The van der Waals surface area contributed by atoms with E-state index in [4.69, 9.17) is 9.84 Å². The van der Waals surface area contributed by atoms with Gasteiger partial charge in [0.1, 0.15) is 5.76 Å². The summed E-state index contributed by atoms with van der Waals surface area (Å²) in [6, 6.07) is 11.8. The summed E-state index contributed by atoms with van der Waals surface area (Å²) >= 11 is 0. The van der Waals surface area contributed by atoms with Crippen LogP contribution in [0.15, 0.2) is 54.1 Å². The van der Waals surface area contributed by atoms with Gasteiger partial charge in [0.15, 0.2) is 11.6 Å². The second kappa shape index (κ2) is 8.22. The normalized spacial score (nSPS) is 18.5. The van der Waals surface area contributed by atoms with Crippen molar-refractivity contribution in [2.24, 2.45) is 0 Å². The van der Waals surface area contributed by atoms with Crippen molar-refractivity contribution in [1.29, 1.82) is 0 Å². The molecule has 0 radical (unpaired) electrons. The smallest absolute Gasteiger partial charge is 0.295 e. The van der Waals surface area contributed by atoms with Gasteiger partial charge < -0.3 is 19.8 Å². The molecule has 2 aromatic carbocycles. The first-order valence-electron chi connectivity index (χ1n) is 8.77. The molecule has 0 aromatic heterocycles. The highest BCUT2D eigenvalue weighted by molar-refractivity contribution is 6.46. The fraction of sp³-hybridized carbons (Fsp3) is 0.238. The summed E-state index contributed by atoms with van der Waals surface area (Å²) in [6.07, 6.45) is 0.285. The number of aliphatic hydroxyl groups excluding tert-OH is 2. The summed E-state index contributed by atoms with van der Waals surface area (Å²) < 4.78 is 19.0. The van der Waals surface area contributed by atoms with Gasteiger partial charge in [0.2, 0.25) is 0 Å². The number of benzene rings is 2. The fourth-order valence-corrected chi connectivity index (χ4v) is 3.30. The molecule has 0 saturated carbocycles. The number of halogens is 1. The molecule has 1 saturated heterocycles. The molecule has 0 bridgehead atoms. The summed E-state index contributed by atoms with van der Waals surface area (Å²) in [6.45, 7) is 0.00257. The molecular weight excluding hydrogens is 365 g/mol. The van der Waals surface area contributed by atoms with E-state index in [0.717, 1.165) is 6.07 Å². The Hall–Kier alpha value is -3.19. The molecule has 1 aliphatic heterocycles. The lowest BCUT2D eigenvalue weighted by molar-refractivity contribution is -0.140. The van der Waals surface area contributed by atoms with Crippen LogP contribution in [-0.2, 0) is 9.59 Å². The number of rotatable bonds is 6. The highest BCUT2D eigenvalue weighted by Crippen LogP contribution is 2.39.